The number of aliphatic hydroxyl groups excluding tert-OH is 1. The maximum absolute atomic E-state index is 14.5. The first-order valence-corrected chi connectivity index (χ1v) is 9.02. The van der Waals surface area contributed by atoms with Crippen LogP contribution in [-0.4, -0.2) is 42.1 Å². The molecule has 9 heteroatoms. The number of carbonyl (C=O) groups excluding carboxylic acids is 1. The van der Waals surface area contributed by atoms with Gasteiger partial charge in [0.2, 0.25) is 5.82 Å². The van der Waals surface area contributed by atoms with Crippen molar-refractivity contribution >= 4 is 28.5 Å². The van der Waals surface area contributed by atoms with E-state index in [2.05, 4.69) is 9.73 Å². The number of hydrogen-bond acceptors (Lipinski definition) is 6. The van der Waals surface area contributed by atoms with Gasteiger partial charge in [0.15, 0.2) is 17.4 Å². The van der Waals surface area contributed by atoms with Gasteiger partial charge >= 0.3 is 5.97 Å². The summed E-state index contributed by atoms with van der Waals surface area (Å²) in [5.41, 5.74) is -1.13. The lowest BCUT2D eigenvalue weighted by molar-refractivity contribution is -0.137. The molecule has 1 N–H and O–H groups in total. The zero-order valence-electron chi connectivity index (χ0n) is 14.4. The molecule has 1 aliphatic rings. The lowest BCUT2D eigenvalue weighted by Crippen LogP contribution is -2.17. The Kier molecular flexibility index (Phi) is 6.57. The summed E-state index contributed by atoms with van der Waals surface area (Å²) in [6, 6.07) is 0.454. The fourth-order valence-corrected chi connectivity index (χ4v) is 2.78. The van der Waals surface area contributed by atoms with Crippen LogP contribution in [0.5, 0.6) is 5.75 Å². The fourth-order valence-electron chi connectivity index (χ4n) is 2.14. The molecule has 0 heterocycles. The predicted octanol–water partition coefficient (Wildman–Crippen LogP) is 3.87. The number of hydrogen-bond donors (Lipinski definition) is 1. The second-order valence-corrected chi connectivity index (χ2v) is 6.18. The Bertz CT molecular complexity index is 776. The zero-order chi connectivity index (χ0) is 19.4. The third kappa shape index (κ3) is 4.14. The molecule has 0 aromatic heterocycles. The van der Waals surface area contributed by atoms with Gasteiger partial charge in [-0.25, -0.2) is 13.6 Å². The first-order valence-electron chi connectivity index (χ1n) is 7.79. The van der Waals surface area contributed by atoms with E-state index >= 15 is 0 Å². The quantitative estimate of drug-likeness (QED) is 0.200. The van der Waals surface area contributed by atoms with Crippen molar-refractivity contribution in [2.75, 3.05) is 20.0 Å². The highest BCUT2D eigenvalue weighted by molar-refractivity contribution is 8.14. The van der Waals surface area contributed by atoms with Gasteiger partial charge in [0.05, 0.1) is 25.3 Å². The molecule has 1 fully saturated rings. The normalized spacial score (nSPS) is 15.5. The first-order chi connectivity index (χ1) is 12.3. The molecule has 2 rings (SSSR count). The molecule has 26 heavy (non-hydrogen) atoms. The molecule has 5 nitrogen and oxygen atoms in total. The van der Waals surface area contributed by atoms with Gasteiger partial charge in [-0.15, -0.1) is 11.8 Å². The number of methoxy groups -OCH3 is 1. The molecule has 0 saturated heterocycles. The van der Waals surface area contributed by atoms with Gasteiger partial charge in [-0.1, -0.05) is 0 Å². The summed E-state index contributed by atoms with van der Waals surface area (Å²) in [6.45, 7) is 1.56. The second kappa shape index (κ2) is 8.48. The Labute approximate surface area is 152 Å². The van der Waals surface area contributed by atoms with Crippen LogP contribution < -0.4 is 4.74 Å². The third-order valence-electron chi connectivity index (χ3n) is 3.55. The molecular weight excluding hydrogens is 371 g/mol. The molecule has 0 aliphatic heterocycles. The molecule has 0 atom stereocenters. The van der Waals surface area contributed by atoms with Crippen LogP contribution in [0.15, 0.2) is 16.6 Å². The van der Waals surface area contributed by atoms with E-state index in [9.17, 15) is 23.1 Å². The summed E-state index contributed by atoms with van der Waals surface area (Å²) < 4.78 is 51.3. The molecule has 1 aromatic rings. The average Bonchev–Trinajstić information content (AvgIpc) is 3.42. The van der Waals surface area contributed by atoms with Crippen molar-refractivity contribution < 1.29 is 32.5 Å². The summed E-state index contributed by atoms with van der Waals surface area (Å²) in [7, 11) is 0.958. The molecule has 0 spiro atoms. The maximum Gasteiger partial charge on any atom is 0.344 e. The van der Waals surface area contributed by atoms with Gasteiger partial charge < -0.3 is 14.6 Å². The smallest absolute Gasteiger partial charge is 0.344 e. The van der Waals surface area contributed by atoms with Crippen LogP contribution in [0.2, 0.25) is 0 Å². The largest absolute Gasteiger partial charge is 0.506 e. The molecule has 0 amide bonds. The summed E-state index contributed by atoms with van der Waals surface area (Å²) in [4.78, 5) is 16.6. The van der Waals surface area contributed by atoms with Crippen LogP contribution in [0.1, 0.15) is 25.3 Å². The molecule has 1 aliphatic carbocycles. The minimum atomic E-state index is -1.53. The lowest BCUT2D eigenvalue weighted by Gasteiger charge is -2.14. The number of benzene rings is 1. The summed E-state index contributed by atoms with van der Waals surface area (Å²) in [5.74, 6) is -7.14. The number of aliphatic hydroxyl groups is 1. The van der Waals surface area contributed by atoms with E-state index in [1.807, 2.05) is 0 Å². The molecule has 0 radical (unpaired) electrons. The Morgan fingerprint density at radius 2 is 2.00 bits per heavy atom. The van der Waals surface area contributed by atoms with Crippen LogP contribution in [0.25, 0.3) is 5.76 Å². The van der Waals surface area contributed by atoms with E-state index in [1.165, 1.54) is 0 Å². The van der Waals surface area contributed by atoms with Crippen molar-refractivity contribution in [1.29, 1.82) is 0 Å². The van der Waals surface area contributed by atoms with E-state index in [4.69, 9.17) is 4.74 Å². The molecule has 0 bridgehead atoms. The number of ether oxygens (including phenoxy) is 2. The number of rotatable bonds is 6. The number of aliphatic imine (C=N–C) groups is 1. The maximum atomic E-state index is 14.5. The van der Waals surface area contributed by atoms with Gasteiger partial charge in [0.25, 0.3) is 0 Å². The minimum absolute atomic E-state index is 0.000913. The average molecular weight is 389 g/mol. The number of esters is 1. The Morgan fingerprint density at radius 3 is 2.50 bits per heavy atom. The van der Waals surface area contributed by atoms with Crippen molar-refractivity contribution in [3.05, 3.63) is 34.7 Å². The van der Waals surface area contributed by atoms with Gasteiger partial charge in [-0.2, -0.15) is 4.39 Å². The predicted molar refractivity (Wildman–Crippen MR) is 93.0 cm³/mol. The number of thioether (sulfide) groups is 1. The summed E-state index contributed by atoms with van der Waals surface area (Å²) in [6.07, 6.45) is 3.28. The molecular formula is C17H18F3NO4S. The second-order valence-electron chi connectivity index (χ2n) is 5.38. The highest BCUT2D eigenvalue weighted by Crippen LogP contribution is 2.33. The SMILES string of the molecule is CCOC(=O)C(C(=NC1CC1)SC)=C(O)c1cc(F)c(F)c(OC)c1F. The molecule has 1 saturated carbocycles. The van der Waals surface area contributed by atoms with Gasteiger partial charge in [0, 0.05) is 0 Å². The highest BCUT2D eigenvalue weighted by atomic mass is 32.2. The monoisotopic (exact) mass is 389 g/mol. The van der Waals surface area contributed by atoms with Gasteiger partial charge in [-0.3, -0.25) is 4.99 Å². The molecule has 142 valence electrons. The Morgan fingerprint density at radius 1 is 1.35 bits per heavy atom. The van der Waals surface area contributed by atoms with E-state index in [0.717, 1.165) is 31.7 Å². The van der Waals surface area contributed by atoms with Crippen molar-refractivity contribution in [2.24, 2.45) is 4.99 Å². The highest BCUT2D eigenvalue weighted by Gasteiger charge is 2.30. The van der Waals surface area contributed by atoms with E-state index in [1.54, 1.807) is 13.2 Å². The number of nitrogens with zero attached hydrogens (tertiary/aromatic N) is 1. The van der Waals surface area contributed by atoms with Crippen molar-refractivity contribution in [2.45, 2.75) is 25.8 Å². The first kappa shape index (κ1) is 20.2. The van der Waals surface area contributed by atoms with E-state index in [0.29, 0.717) is 6.07 Å². The fraction of sp³-hybridized carbons (Fsp3) is 0.412. The van der Waals surface area contributed by atoms with Gasteiger partial charge in [-0.05, 0) is 32.1 Å². The van der Waals surface area contributed by atoms with Crippen molar-refractivity contribution in [3.8, 4) is 5.75 Å². The number of halogens is 3. The summed E-state index contributed by atoms with van der Waals surface area (Å²) in [5, 5.41) is 10.7. The minimum Gasteiger partial charge on any atom is -0.506 e. The van der Waals surface area contributed by atoms with Crippen LogP contribution in [-0.2, 0) is 9.53 Å². The standard InChI is InChI=1S/C17H18F3NO4S/c1-4-25-17(23)11(16(26-3)21-8-5-6-8)14(22)9-7-10(18)13(20)15(24-2)12(9)19/h7-8,22H,4-6H2,1-3H3. The van der Waals surface area contributed by atoms with Crippen molar-refractivity contribution in [1.82, 2.24) is 0 Å². The summed E-state index contributed by atoms with van der Waals surface area (Å²) >= 11 is 1.06. The zero-order valence-corrected chi connectivity index (χ0v) is 15.3. The van der Waals surface area contributed by atoms with Crippen LogP contribution in [0.4, 0.5) is 13.2 Å². The van der Waals surface area contributed by atoms with Crippen LogP contribution in [0, 0.1) is 17.5 Å². The molecule has 0 unspecified atom stereocenters. The topological polar surface area (TPSA) is 68.1 Å². The third-order valence-corrected chi connectivity index (χ3v) is 4.24. The number of carbonyl (C=O) groups is 1. The van der Waals surface area contributed by atoms with E-state index in [-0.39, 0.29) is 17.7 Å². The Balaban J connectivity index is 2.69. The Hall–Kier alpha value is -2.16. The van der Waals surface area contributed by atoms with Crippen LogP contribution >= 0.6 is 11.8 Å². The lowest BCUT2D eigenvalue weighted by atomic mass is 10.1. The van der Waals surface area contributed by atoms with E-state index < -0.39 is 46.1 Å². The van der Waals surface area contributed by atoms with Crippen molar-refractivity contribution in [3.63, 3.8) is 0 Å². The molecule has 1 aromatic carbocycles. The van der Waals surface area contributed by atoms with Crippen LogP contribution in [0.3, 0.4) is 0 Å². The van der Waals surface area contributed by atoms with Gasteiger partial charge in [0.1, 0.15) is 16.4 Å².